The van der Waals surface area contributed by atoms with Crippen LogP contribution in [0.2, 0.25) is 0 Å². The quantitative estimate of drug-likeness (QED) is 0.856. The Morgan fingerprint density at radius 2 is 2.05 bits per heavy atom. The second-order valence-electron chi connectivity index (χ2n) is 6.23. The summed E-state index contributed by atoms with van der Waals surface area (Å²) in [4.78, 5) is 8.45. The third-order valence-corrected chi connectivity index (χ3v) is 5.34. The van der Waals surface area contributed by atoms with E-state index in [2.05, 4.69) is 32.6 Å². The van der Waals surface area contributed by atoms with Gasteiger partial charge in [-0.25, -0.2) is 4.98 Å². The number of aliphatic hydroxyl groups excluding tert-OH is 1. The van der Waals surface area contributed by atoms with Crippen molar-refractivity contribution in [1.29, 1.82) is 0 Å². The normalized spacial score (nSPS) is 18.6. The van der Waals surface area contributed by atoms with Crippen LogP contribution in [-0.2, 0) is 6.42 Å². The topological polar surface area (TPSA) is 36.4 Å². The Balaban J connectivity index is 2.28. The van der Waals surface area contributed by atoms with Crippen LogP contribution in [0.3, 0.4) is 0 Å². The molecule has 2 rings (SSSR count). The first-order valence-corrected chi connectivity index (χ1v) is 8.82. The largest absolute Gasteiger partial charge is 0.388 e. The minimum Gasteiger partial charge on any atom is -0.388 e. The van der Waals surface area contributed by atoms with Gasteiger partial charge in [-0.1, -0.05) is 39.0 Å². The fourth-order valence-electron chi connectivity index (χ4n) is 3.01. The van der Waals surface area contributed by atoms with E-state index in [9.17, 15) is 5.11 Å². The highest BCUT2D eigenvalue weighted by molar-refractivity contribution is 7.15. The first kappa shape index (κ1) is 15.8. The molecule has 0 radical (unpaired) electrons. The molecule has 1 aromatic heterocycles. The van der Waals surface area contributed by atoms with Gasteiger partial charge in [0.2, 0.25) is 0 Å². The van der Waals surface area contributed by atoms with E-state index in [1.807, 2.05) is 0 Å². The predicted molar refractivity (Wildman–Crippen MR) is 86.6 cm³/mol. The van der Waals surface area contributed by atoms with E-state index in [0.29, 0.717) is 12.0 Å². The molecule has 1 heterocycles. The molecule has 20 heavy (non-hydrogen) atoms. The van der Waals surface area contributed by atoms with Crippen LogP contribution in [0, 0.1) is 5.92 Å². The molecular formula is C16H28N2OS. The van der Waals surface area contributed by atoms with Gasteiger partial charge in [-0.05, 0) is 38.0 Å². The highest BCUT2D eigenvalue weighted by Crippen LogP contribution is 2.38. The Bertz CT molecular complexity index is 426. The molecule has 3 nitrogen and oxygen atoms in total. The number of aryl methyl sites for hydroxylation is 1. The van der Waals surface area contributed by atoms with Crippen LogP contribution in [0.4, 0.5) is 5.13 Å². The summed E-state index contributed by atoms with van der Waals surface area (Å²) in [6.45, 7) is 10.1. The molecule has 1 aliphatic carbocycles. The molecule has 0 aliphatic heterocycles. The molecule has 0 aromatic carbocycles. The molecule has 114 valence electrons. The molecule has 0 saturated heterocycles. The zero-order valence-electron chi connectivity index (χ0n) is 13.2. The standard InChI is InChI=1S/C16H28N2OS/c1-5-12(6-2)18(10-11(3)4)16-17-13-8-7-9-14(19)15(13)20-16/h11-12,14,19H,5-10H2,1-4H3. The molecule has 0 saturated carbocycles. The van der Waals surface area contributed by atoms with Crippen LogP contribution < -0.4 is 4.90 Å². The van der Waals surface area contributed by atoms with Gasteiger partial charge < -0.3 is 10.0 Å². The summed E-state index contributed by atoms with van der Waals surface area (Å²) in [6.07, 6.45) is 5.00. The second kappa shape index (κ2) is 6.90. The summed E-state index contributed by atoms with van der Waals surface area (Å²) in [5, 5.41) is 11.3. The van der Waals surface area contributed by atoms with Gasteiger partial charge in [0.1, 0.15) is 0 Å². The molecular weight excluding hydrogens is 268 g/mol. The molecule has 1 unspecified atom stereocenters. The van der Waals surface area contributed by atoms with Gasteiger partial charge in [0, 0.05) is 12.6 Å². The van der Waals surface area contributed by atoms with Gasteiger partial charge >= 0.3 is 0 Å². The van der Waals surface area contributed by atoms with Crippen LogP contribution in [0.15, 0.2) is 0 Å². The zero-order valence-corrected chi connectivity index (χ0v) is 14.0. The van der Waals surface area contributed by atoms with Crippen molar-refractivity contribution in [1.82, 2.24) is 4.98 Å². The number of aliphatic hydroxyl groups is 1. The van der Waals surface area contributed by atoms with Crippen molar-refractivity contribution < 1.29 is 5.11 Å². The van der Waals surface area contributed by atoms with E-state index in [4.69, 9.17) is 4.98 Å². The molecule has 0 bridgehead atoms. The Morgan fingerprint density at radius 1 is 1.35 bits per heavy atom. The average molecular weight is 296 g/mol. The van der Waals surface area contributed by atoms with E-state index in [1.165, 1.54) is 0 Å². The fourth-order valence-corrected chi connectivity index (χ4v) is 4.23. The average Bonchev–Trinajstić information content (AvgIpc) is 2.84. The Hall–Kier alpha value is -0.610. The number of nitrogens with zero attached hydrogens (tertiary/aromatic N) is 2. The Morgan fingerprint density at radius 3 is 2.60 bits per heavy atom. The molecule has 1 aromatic rings. The van der Waals surface area contributed by atoms with Gasteiger partial charge in [0.05, 0.1) is 16.7 Å². The third kappa shape index (κ3) is 3.34. The second-order valence-corrected chi connectivity index (χ2v) is 7.24. The zero-order chi connectivity index (χ0) is 14.7. The fraction of sp³-hybridized carbons (Fsp3) is 0.812. The van der Waals surface area contributed by atoms with Crippen LogP contribution in [-0.4, -0.2) is 22.7 Å². The summed E-state index contributed by atoms with van der Waals surface area (Å²) in [7, 11) is 0. The third-order valence-electron chi connectivity index (χ3n) is 4.10. The number of aromatic nitrogens is 1. The molecule has 0 amide bonds. The predicted octanol–water partition coefficient (Wildman–Crippen LogP) is 4.16. The highest BCUT2D eigenvalue weighted by atomic mass is 32.1. The number of thiazole rings is 1. The lowest BCUT2D eigenvalue weighted by Crippen LogP contribution is -2.37. The van der Waals surface area contributed by atoms with Crippen LogP contribution in [0.5, 0.6) is 0 Å². The van der Waals surface area contributed by atoms with Crippen molar-refractivity contribution in [2.24, 2.45) is 5.92 Å². The van der Waals surface area contributed by atoms with Gasteiger partial charge in [0.25, 0.3) is 0 Å². The van der Waals surface area contributed by atoms with Crippen molar-refractivity contribution in [2.45, 2.75) is 71.9 Å². The van der Waals surface area contributed by atoms with Crippen LogP contribution in [0.1, 0.15) is 70.1 Å². The highest BCUT2D eigenvalue weighted by Gasteiger charge is 2.26. The molecule has 4 heteroatoms. The summed E-state index contributed by atoms with van der Waals surface area (Å²) in [6, 6.07) is 0.558. The molecule has 0 fully saturated rings. The van der Waals surface area contributed by atoms with E-state index < -0.39 is 0 Å². The minimum absolute atomic E-state index is 0.285. The number of rotatable bonds is 6. The van der Waals surface area contributed by atoms with E-state index in [-0.39, 0.29) is 6.10 Å². The van der Waals surface area contributed by atoms with Gasteiger partial charge in [-0.2, -0.15) is 0 Å². The van der Waals surface area contributed by atoms with E-state index in [1.54, 1.807) is 11.3 Å². The lowest BCUT2D eigenvalue weighted by Gasteiger charge is -2.31. The lowest BCUT2D eigenvalue weighted by molar-refractivity contribution is 0.160. The van der Waals surface area contributed by atoms with Crippen molar-refractivity contribution >= 4 is 16.5 Å². The first-order chi connectivity index (χ1) is 9.56. The maximum atomic E-state index is 10.1. The van der Waals surface area contributed by atoms with Crippen molar-refractivity contribution in [3.8, 4) is 0 Å². The SMILES string of the molecule is CCC(CC)N(CC(C)C)c1nc2c(s1)C(O)CCC2. The minimum atomic E-state index is -0.285. The van der Waals surface area contributed by atoms with Gasteiger partial charge in [-0.15, -0.1) is 0 Å². The Kier molecular flexibility index (Phi) is 5.44. The molecule has 1 N–H and O–H groups in total. The number of anilines is 1. The smallest absolute Gasteiger partial charge is 0.186 e. The number of fused-ring (bicyclic) bond motifs is 1. The Labute approximate surface area is 127 Å². The van der Waals surface area contributed by atoms with E-state index >= 15 is 0 Å². The molecule has 1 aliphatic rings. The van der Waals surface area contributed by atoms with Crippen molar-refractivity contribution in [3.63, 3.8) is 0 Å². The lowest BCUT2D eigenvalue weighted by atomic mass is 10.0. The van der Waals surface area contributed by atoms with Gasteiger partial charge in [-0.3, -0.25) is 0 Å². The van der Waals surface area contributed by atoms with Crippen LogP contribution >= 0.6 is 11.3 Å². The van der Waals surface area contributed by atoms with E-state index in [0.717, 1.165) is 54.4 Å². The number of hydrogen-bond acceptors (Lipinski definition) is 4. The van der Waals surface area contributed by atoms with Crippen LogP contribution in [0.25, 0.3) is 0 Å². The first-order valence-electron chi connectivity index (χ1n) is 8.01. The summed E-state index contributed by atoms with van der Waals surface area (Å²) < 4.78 is 0. The summed E-state index contributed by atoms with van der Waals surface area (Å²) in [5.41, 5.74) is 1.14. The van der Waals surface area contributed by atoms with Crippen molar-refractivity contribution in [2.75, 3.05) is 11.4 Å². The molecule has 0 spiro atoms. The summed E-state index contributed by atoms with van der Waals surface area (Å²) in [5.74, 6) is 0.626. The monoisotopic (exact) mass is 296 g/mol. The summed E-state index contributed by atoms with van der Waals surface area (Å²) >= 11 is 1.72. The van der Waals surface area contributed by atoms with Gasteiger partial charge in [0.15, 0.2) is 5.13 Å². The molecule has 1 atom stereocenters. The van der Waals surface area contributed by atoms with Crippen molar-refractivity contribution in [3.05, 3.63) is 10.6 Å². The number of hydrogen-bond donors (Lipinski definition) is 1. The maximum Gasteiger partial charge on any atom is 0.186 e. The maximum absolute atomic E-state index is 10.1.